The first-order valence-corrected chi connectivity index (χ1v) is 4.24. The van der Waals surface area contributed by atoms with Gasteiger partial charge in [0.2, 0.25) is 0 Å². The van der Waals surface area contributed by atoms with Crippen molar-refractivity contribution < 1.29 is 9.18 Å². The van der Waals surface area contributed by atoms with Gasteiger partial charge in [0.1, 0.15) is 11.5 Å². The second-order valence-electron chi connectivity index (χ2n) is 2.69. The Bertz CT molecular complexity index is 321. The molecule has 0 radical (unpaired) electrons. The van der Waals surface area contributed by atoms with E-state index in [1.807, 2.05) is 0 Å². The molecule has 1 aromatic rings. The first-order chi connectivity index (χ1) is 6.65. The zero-order valence-corrected chi connectivity index (χ0v) is 7.80. The standard InChI is InChI=1S/C9H12FN3O/c1-2-12-9(14)13-8-6(10)4-3-5-7(8)11/h3-5H,2,11H2,1H3,(H2,12,13,14). The molecule has 0 aliphatic heterocycles. The van der Waals surface area contributed by atoms with Crippen LogP contribution in [0.5, 0.6) is 0 Å². The predicted octanol–water partition coefficient (Wildman–Crippen LogP) is 1.55. The van der Waals surface area contributed by atoms with Gasteiger partial charge in [-0.2, -0.15) is 0 Å². The Kier molecular flexibility index (Phi) is 3.28. The summed E-state index contributed by atoms with van der Waals surface area (Å²) in [5, 5.41) is 4.81. The Hall–Kier alpha value is -1.78. The summed E-state index contributed by atoms with van der Waals surface area (Å²) in [6.07, 6.45) is 0. The molecule has 0 saturated carbocycles. The molecule has 0 aliphatic carbocycles. The molecule has 0 unspecified atom stereocenters. The number of rotatable bonds is 2. The fourth-order valence-corrected chi connectivity index (χ4v) is 0.991. The van der Waals surface area contributed by atoms with Gasteiger partial charge < -0.3 is 16.4 Å². The molecular formula is C9H12FN3O. The Labute approximate surface area is 81.3 Å². The fourth-order valence-electron chi connectivity index (χ4n) is 0.991. The third-order valence-corrected chi connectivity index (χ3v) is 1.62. The van der Waals surface area contributed by atoms with Crippen molar-refractivity contribution in [3.8, 4) is 0 Å². The number of hydrogen-bond donors (Lipinski definition) is 3. The number of benzene rings is 1. The number of anilines is 2. The second-order valence-corrected chi connectivity index (χ2v) is 2.69. The van der Waals surface area contributed by atoms with Crippen molar-refractivity contribution in [1.82, 2.24) is 5.32 Å². The number of nitrogens with one attached hydrogen (secondary N) is 2. The lowest BCUT2D eigenvalue weighted by Crippen LogP contribution is -2.29. The molecule has 0 saturated heterocycles. The highest BCUT2D eigenvalue weighted by Crippen LogP contribution is 2.21. The topological polar surface area (TPSA) is 67.2 Å². The van der Waals surface area contributed by atoms with Gasteiger partial charge in [-0.25, -0.2) is 9.18 Å². The van der Waals surface area contributed by atoms with Crippen LogP contribution in [0.2, 0.25) is 0 Å². The molecule has 0 aromatic heterocycles. The predicted molar refractivity (Wildman–Crippen MR) is 53.5 cm³/mol. The van der Waals surface area contributed by atoms with Crippen molar-refractivity contribution in [1.29, 1.82) is 0 Å². The minimum Gasteiger partial charge on any atom is -0.397 e. The van der Waals surface area contributed by atoms with Gasteiger partial charge in [-0.1, -0.05) is 6.07 Å². The molecule has 5 heteroatoms. The number of carbonyl (C=O) groups is 1. The van der Waals surface area contributed by atoms with Crippen LogP contribution in [0.1, 0.15) is 6.92 Å². The summed E-state index contributed by atoms with van der Waals surface area (Å²) in [5.74, 6) is -0.545. The molecule has 1 rings (SSSR count). The largest absolute Gasteiger partial charge is 0.397 e. The fraction of sp³-hybridized carbons (Fsp3) is 0.222. The second kappa shape index (κ2) is 4.45. The quantitative estimate of drug-likeness (QED) is 0.629. The van der Waals surface area contributed by atoms with Gasteiger partial charge in [0.25, 0.3) is 0 Å². The highest BCUT2D eigenvalue weighted by atomic mass is 19.1. The third-order valence-electron chi connectivity index (χ3n) is 1.62. The molecule has 0 fully saturated rings. The molecule has 0 spiro atoms. The molecular weight excluding hydrogens is 185 g/mol. The Morgan fingerprint density at radius 1 is 1.57 bits per heavy atom. The van der Waals surface area contributed by atoms with Crippen molar-refractivity contribution in [2.75, 3.05) is 17.6 Å². The summed E-state index contributed by atoms with van der Waals surface area (Å²) in [6, 6.07) is 3.76. The van der Waals surface area contributed by atoms with E-state index < -0.39 is 11.8 Å². The van der Waals surface area contributed by atoms with Gasteiger partial charge in [-0.05, 0) is 19.1 Å². The smallest absolute Gasteiger partial charge is 0.319 e. The van der Waals surface area contributed by atoms with E-state index in [1.165, 1.54) is 18.2 Å². The first-order valence-electron chi connectivity index (χ1n) is 4.24. The molecule has 4 nitrogen and oxygen atoms in total. The summed E-state index contributed by atoms with van der Waals surface area (Å²) in [5.41, 5.74) is 5.70. The number of para-hydroxylation sites is 1. The van der Waals surface area contributed by atoms with E-state index >= 15 is 0 Å². The lowest BCUT2D eigenvalue weighted by molar-refractivity contribution is 0.252. The van der Waals surface area contributed by atoms with Crippen LogP contribution in [-0.4, -0.2) is 12.6 Å². The number of carbonyl (C=O) groups excluding carboxylic acids is 1. The van der Waals surface area contributed by atoms with E-state index in [4.69, 9.17) is 5.73 Å². The average molecular weight is 197 g/mol. The molecule has 14 heavy (non-hydrogen) atoms. The zero-order valence-electron chi connectivity index (χ0n) is 7.80. The maximum Gasteiger partial charge on any atom is 0.319 e. The van der Waals surface area contributed by atoms with Gasteiger partial charge in [-0.15, -0.1) is 0 Å². The van der Waals surface area contributed by atoms with Crippen LogP contribution in [0, 0.1) is 5.82 Å². The Morgan fingerprint density at radius 3 is 2.86 bits per heavy atom. The third kappa shape index (κ3) is 2.35. The number of nitrogen functional groups attached to an aromatic ring is 1. The maximum atomic E-state index is 13.1. The van der Waals surface area contributed by atoms with E-state index in [2.05, 4.69) is 10.6 Å². The minimum atomic E-state index is -0.545. The number of halogens is 1. The van der Waals surface area contributed by atoms with Gasteiger partial charge in [0.15, 0.2) is 0 Å². The number of urea groups is 1. The van der Waals surface area contributed by atoms with Gasteiger partial charge in [0, 0.05) is 6.54 Å². The van der Waals surface area contributed by atoms with Crippen LogP contribution >= 0.6 is 0 Å². The van der Waals surface area contributed by atoms with Crippen LogP contribution in [-0.2, 0) is 0 Å². The van der Waals surface area contributed by atoms with Crippen molar-refractivity contribution in [2.24, 2.45) is 0 Å². The van der Waals surface area contributed by atoms with E-state index in [0.717, 1.165) is 0 Å². The van der Waals surface area contributed by atoms with E-state index in [9.17, 15) is 9.18 Å². The van der Waals surface area contributed by atoms with Crippen LogP contribution in [0.3, 0.4) is 0 Å². The summed E-state index contributed by atoms with van der Waals surface area (Å²) in [6.45, 7) is 2.24. The highest BCUT2D eigenvalue weighted by molar-refractivity contribution is 5.92. The SMILES string of the molecule is CCNC(=O)Nc1c(N)cccc1F. The van der Waals surface area contributed by atoms with Crippen molar-refractivity contribution in [3.63, 3.8) is 0 Å². The number of hydrogen-bond acceptors (Lipinski definition) is 2. The Morgan fingerprint density at radius 2 is 2.29 bits per heavy atom. The summed E-state index contributed by atoms with van der Waals surface area (Å²) < 4.78 is 13.1. The van der Waals surface area contributed by atoms with Crippen LogP contribution < -0.4 is 16.4 Å². The van der Waals surface area contributed by atoms with Crippen molar-refractivity contribution in [3.05, 3.63) is 24.0 Å². The summed E-state index contributed by atoms with van der Waals surface area (Å²) in [4.78, 5) is 11.1. The zero-order chi connectivity index (χ0) is 10.6. The van der Waals surface area contributed by atoms with E-state index in [0.29, 0.717) is 6.54 Å². The molecule has 0 atom stereocenters. The molecule has 2 amide bonds. The van der Waals surface area contributed by atoms with E-state index in [1.54, 1.807) is 6.92 Å². The molecule has 76 valence electrons. The molecule has 0 heterocycles. The Balaban J connectivity index is 2.80. The maximum absolute atomic E-state index is 13.1. The van der Waals surface area contributed by atoms with Crippen LogP contribution in [0.4, 0.5) is 20.6 Å². The normalized spacial score (nSPS) is 9.57. The van der Waals surface area contributed by atoms with Crippen LogP contribution in [0.15, 0.2) is 18.2 Å². The summed E-state index contributed by atoms with van der Waals surface area (Å²) >= 11 is 0. The number of amides is 2. The molecule has 0 aliphatic rings. The molecule has 0 bridgehead atoms. The molecule has 4 N–H and O–H groups in total. The number of nitrogens with two attached hydrogens (primary N) is 1. The average Bonchev–Trinajstić information content (AvgIpc) is 2.12. The van der Waals surface area contributed by atoms with Gasteiger partial charge in [0.05, 0.1) is 5.69 Å². The van der Waals surface area contributed by atoms with Gasteiger partial charge >= 0.3 is 6.03 Å². The van der Waals surface area contributed by atoms with E-state index in [-0.39, 0.29) is 11.4 Å². The van der Waals surface area contributed by atoms with Crippen molar-refractivity contribution in [2.45, 2.75) is 6.92 Å². The lowest BCUT2D eigenvalue weighted by atomic mass is 10.2. The summed E-state index contributed by atoms with van der Waals surface area (Å²) in [7, 11) is 0. The molecule has 1 aromatic carbocycles. The van der Waals surface area contributed by atoms with Crippen molar-refractivity contribution >= 4 is 17.4 Å². The van der Waals surface area contributed by atoms with Crippen LogP contribution in [0.25, 0.3) is 0 Å². The monoisotopic (exact) mass is 197 g/mol. The first kappa shape index (κ1) is 10.3. The lowest BCUT2D eigenvalue weighted by Gasteiger charge is -2.08. The minimum absolute atomic E-state index is 0.0125. The van der Waals surface area contributed by atoms with Gasteiger partial charge in [-0.3, -0.25) is 0 Å². The highest BCUT2D eigenvalue weighted by Gasteiger charge is 2.08.